The normalized spacial score (nSPS) is 11.1. The topological polar surface area (TPSA) is 98.5 Å². The van der Waals surface area contributed by atoms with Crippen molar-refractivity contribution in [3.05, 3.63) is 17.5 Å². The lowest BCUT2D eigenvalue weighted by atomic mass is 10.2. The SMILES string of the molecule is CC(C)(C)OC(=O)Cn1nc(C=O)cc1C(=O)O. The lowest BCUT2D eigenvalue weighted by Gasteiger charge is -2.19. The van der Waals surface area contributed by atoms with Gasteiger partial charge in [-0.25, -0.2) is 9.48 Å². The molecule has 1 aromatic rings. The second-order valence-electron chi connectivity index (χ2n) is 4.62. The Bertz CT molecular complexity index is 484. The summed E-state index contributed by atoms with van der Waals surface area (Å²) >= 11 is 0. The van der Waals surface area contributed by atoms with E-state index in [0.29, 0.717) is 6.29 Å². The van der Waals surface area contributed by atoms with Crippen molar-refractivity contribution in [2.45, 2.75) is 32.9 Å². The third kappa shape index (κ3) is 3.69. The number of aldehydes is 1. The quantitative estimate of drug-likeness (QED) is 0.628. The summed E-state index contributed by atoms with van der Waals surface area (Å²) in [5.74, 6) is -1.88. The molecule has 98 valence electrons. The summed E-state index contributed by atoms with van der Waals surface area (Å²) in [6, 6.07) is 1.10. The third-order valence-corrected chi connectivity index (χ3v) is 1.84. The maximum Gasteiger partial charge on any atom is 0.354 e. The Kier molecular flexibility index (Phi) is 3.85. The second kappa shape index (κ2) is 4.99. The number of hydrogen-bond acceptors (Lipinski definition) is 5. The van der Waals surface area contributed by atoms with Gasteiger partial charge in [0.25, 0.3) is 0 Å². The van der Waals surface area contributed by atoms with Crippen LogP contribution >= 0.6 is 0 Å². The number of carbonyl (C=O) groups excluding carboxylic acids is 2. The first-order valence-electron chi connectivity index (χ1n) is 5.21. The van der Waals surface area contributed by atoms with Crippen LogP contribution in [-0.4, -0.2) is 38.7 Å². The van der Waals surface area contributed by atoms with E-state index in [-0.39, 0.29) is 17.9 Å². The minimum atomic E-state index is -1.26. The molecule has 0 aliphatic rings. The highest BCUT2D eigenvalue weighted by Crippen LogP contribution is 2.09. The number of aromatic nitrogens is 2. The summed E-state index contributed by atoms with van der Waals surface area (Å²) in [4.78, 5) is 32.9. The van der Waals surface area contributed by atoms with E-state index in [4.69, 9.17) is 9.84 Å². The third-order valence-electron chi connectivity index (χ3n) is 1.84. The summed E-state index contributed by atoms with van der Waals surface area (Å²) < 4.78 is 5.97. The van der Waals surface area contributed by atoms with Crippen LogP contribution in [0.4, 0.5) is 0 Å². The van der Waals surface area contributed by atoms with Crippen molar-refractivity contribution < 1.29 is 24.2 Å². The number of hydrogen-bond donors (Lipinski definition) is 1. The summed E-state index contributed by atoms with van der Waals surface area (Å²) in [5, 5.41) is 12.6. The van der Waals surface area contributed by atoms with Gasteiger partial charge in [-0.1, -0.05) is 0 Å². The molecule has 7 nitrogen and oxygen atoms in total. The van der Waals surface area contributed by atoms with Crippen molar-refractivity contribution in [3.63, 3.8) is 0 Å². The van der Waals surface area contributed by atoms with Crippen molar-refractivity contribution in [2.24, 2.45) is 0 Å². The molecule has 0 aromatic carbocycles. The maximum atomic E-state index is 11.5. The zero-order valence-corrected chi connectivity index (χ0v) is 10.3. The van der Waals surface area contributed by atoms with Crippen LogP contribution in [0.15, 0.2) is 6.07 Å². The Morgan fingerprint density at radius 2 is 2.11 bits per heavy atom. The molecule has 1 heterocycles. The van der Waals surface area contributed by atoms with Gasteiger partial charge in [0, 0.05) is 6.07 Å². The average molecular weight is 254 g/mol. The number of ether oxygens (including phenoxy) is 1. The Hall–Kier alpha value is -2.18. The Morgan fingerprint density at radius 1 is 1.50 bits per heavy atom. The summed E-state index contributed by atoms with van der Waals surface area (Å²) in [7, 11) is 0. The first-order valence-corrected chi connectivity index (χ1v) is 5.21. The van der Waals surface area contributed by atoms with Crippen LogP contribution in [-0.2, 0) is 16.1 Å². The van der Waals surface area contributed by atoms with Crippen LogP contribution in [0, 0.1) is 0 Å². The maximum absolute atomic E-state index is 11.5. The molecule has 7 heteroatoms. The Labute approximate surface area is 103 Å². The van der Waals surface area contributed by atoms with Gasteiger partial charge in [-0.15, -0.1) is 0 Å². The lowest BCUT2D eigenvalue weighted by Crippen LogP contribution is -2.27. The van der Waals surface area contributed by atoms with Gasteiger partial charge in [0.1, 0.15) is 23.5 Å². The fraction of sp³-hybridized carbons (Fsp3) is 0.455. The first kappa shape index (κ1) is 13.9. The molecule has 18 heavy (non-hydrogen) atoms. The Morgan fingerprint density at radius 3 is 2.56 bits per heavy atom. The molecule has 0 radical (unpaired) electrons. The van der Waals surface area contributed by atoms with E-state index in [1.165, 1.54) is 0 Å². The molecule has 0 spiro atoms. The average Bonchev–Trinajstić information content (AvgIpc) is 2.57. The van der Waals surface area contributed by atoms with Gasteiger partial charge in [0.05, 0.1) is 0 Å². The molecule has 0 fully saturated rings. The summed E-state index contributed by atoms with van der Waals surface area (Å²) in [5.41, 5.74) is -0.944. The van der Waals surface area contributed by atoms with Crippen molar-refractivity contribution in [2.75, 3.05) is 0 Å². The van der Waals surface area contributed by atoms with E-state index in [9.17, 15) is 14.4 Å². The van der Waals surface area contributed by atoms with Gasteiger partial charge >= 0.3 is 11.9 Å². The smallest absolute Gasteiger partial charge is 0.354 e. The number of rotatable bonds is 4. The minimum absolute atomic E-state index is 0.0454. The first-order chi connectivity index (χ1) is 8.23. The molecule has 0 bridgehead atoms. The molecule has 0 aliphatic heterocycles. The molecular weight excluding hydrogens is 240 g/mol. The molecule has 0 saturated heterocycles. The van der Waals surface area contributed by atoms with E-state index in [0.717, 1.165) is 10.7 Å². The van der Waals surface area contributed by atoms with Crippen LogP contribution in [0.2, 0.25) is 0 Å². The number of nitrogens with zero attached hydrogens (tertiary/aromatic N) is 2. The predicted octanol–water partition coefficient (Wildman–Crippen LogP) is 0.736. The minimum Gasteiger partial charge on any atom is -0.477 e. The van der Waals surface area contributed by atoms with Crippen LogP contribution in [0.3, 0.4) is 0 Å². The number of carboxylic acid groups (broad SMARTS) is 1. The highest BCUT2D eigenvalue weighted by Gasteiger charge is 2.20. The molecule has 0 atom stereocenters. The van der Waals surface area contributed by atoms with Gasteiger partial charge in [-0.3, -0.25) is 9.59 Å². The van der Waals surface area contributed by atoms with E-state index < -0.39 is 17.5 Å². The molecule has 0 saturated carbocycles. The zero-order valence-electron chi connectivity index (χ0n) is 10.3. The molecule has 0 unspecified atom stereocenters. The van der Waals surface area contributed by atoms with Crippen LogP contribution in [0.5, 0.6) is 0 Å². The van der Waals surface area contributed by atoms with Crippen LogP contribution < -0.4 is 0 Å². The van der Waals surface area contributed by atoms with Crippen LogP contribution in [0.1, 0.15) is 41.7 Å². The van der Waals surface area contributed by atoms with Crippen molar-refractivity contribution in [1.29, 1.82) is 0 Å². The largest absolute Gasteiger partial charge is 0.477 e. The van der Waals surface area contributed by atoms with Crippen molar-refractivity contribution in [1.82, 2.24) is 9.78 Å². The van der Waals surface area contributed by atoms with Crippen molar-refractivity contribution in [3.8, 4) is 0 Å². The van der Waals surface area contributed by atoms with Gasteiger partial charge < -0.3 is 9.84 Å². The zero-order chi connectivity index (χ0) is 13.9. The number of esters is 1. The molecular formula is C11H14N2O5. The summed E-state index contributed by atoms with van der Waals surface area (Å²) in [6.07, 6.45) is 0.415. The van der Waals surface area contributed by atoms with Crippen LogP contribution in [0.25, 0.3) is 0 Å². The molecule has 0 amide bonds. The highest BCUT2D eigenvalue weighted by atomic mass is 16.6. The monoisotopic (exact) mass is 254 g/mol. The van der Waals surface area contributed by atoms with E-state index in [1.54, 1.807) is 20.8 Å². The number of carbonyl (C=O) groups is 3. The van der Waals surface area contributed by atoms with Crippen molar-refractivity contribution >= 4 is 18.2 Å². The molecule has 1 aromatic heterocycles. The van der Waals surface area contributed by atoms with Gasteiger partial charge in [-0.2, -0.15) is 5.10 Å². The molecule has 1 rings (SSSR count). The van der Waals surface area contributed by atoms with E-state index >= 15 is 0 Å². The fourth-order valence-corrected chi connectivity index (χ4v) is 1.28. The standard InChI is InChI=1S/C11H14N2O5/c1-11(2,3)18-9(15)5-13-8(10(16)17)4-7(6-14)12-13/h4,6H,5H2,1-3H3,(H,16,17). The highest BCUT2D eigenvalue weighted by molar-refractivity contribution is 5.88. The molecule has 0 aliphatic carbocycles. The number of carboxylic acids is 1. The Balaban J connectivity index is 2.90. The lowest BCUT2D eigenvalue weighted by molar-refractivity contribution is -0.155. The van der Waals surface area contributed by atoms with Gasteiger partial charge in [-0.05, 0) is 20.8 Å². The fourth-order valence-electron chi connectivity index (χ4n) is 1.28. The van der Waals surface area contributed by atoms with E-state index in [1.807, 2.05) is 0 Å². The summed E-state index contributed by atoms with van der Waals surface area (Å²) in [6.45, 7) is 4.74. The number of aromatic carboxylic acids is 1. The van der Waals surface area contributed by atoms with E-state index in [2.05, 4.69) is 5.10 Å². The van der Waals surface area contributed by atoms with Gasteiger partial charge in [0.2, 0.25) is 0 Å². The predicted molar refractivity (Wildman–Crippen MR) is 60.4 cm³/mol. The van der Waals surface area contributed by atoms with Gasteiger partial charge in [0.15, 0.2) is 6.29 Å². The molecule has 1 N–H and O–H groups in total. The second-order valence-corrected chi connectivity index (χ2v) is 4.62.